The lowest BCUT2D eigenvalue weighted by atomic mass is 10.1. The average molecular weight is 336 g/mol. The molecule has 1 saturated carbocycles. The molecule has 6 heteroatoms. The molecule has 128 valence electrons. The Balaban J connectivity index is 1.79. The highest BCUT2D eigenvalue weighted by molar-refractivity contribution is 5.96. The Morgan fingerprint density at radius 3 is 2.50 bits per heavy atom. The van der Waals surface area contributed by atoms with Gasteiger partial charge in [0.2, 0.25) is 0 Å². The zero-order valence-corrected chi connectivity index (χ0v) is 13.4. The van der Waals surface area contributed by atoms with E-state index in [1.807, 2.05) is 4.90 Å². The first-order valence-electron chi connectivity index (χ1n) is 7.90. The van der Waals surface area contributed by atoms with Crippen LogP contribution in [0, 0.1) is 0 Å². The third-order valence-electron chi connectivity index (χ3n) is 4.34. The number of benzene rings is 1. The van der Waals surface area contributed by atoms with Gasteiger partial charge in [0.25, 0.3) is 0 Å². The number of hydrogen-bond acceptors (Lipinski definition) is 2. The van der Waals surface area contributed by atoms with E-state index >= 15 is 0 Å². The van der Waals surface area contributed by atoms with Crippen LogP contribution < -0.4 is 0 Å². The van der Waals surface area contributed by atoms with Crippen LogP contribution in [0.1, 0.15) is 34.5 Å². The topological polar surface area (TPSA) is 25.2 Å². The number of alkyl halides is 3. The third kappa shape index (κ3) is 3.70. The minimum absolute atomic E-state index is 0.0705. The smallest absolute Gasteiger partial charge is 0.348 e. The number of Topliss-reactive ketones (excluding diaryl/α,β-unsaturated/α-hetero) is 1. The van der Waals surface area contributed by atoms with E-state index in [2.05, 4.69) is 0 Å². The Morgan fingerprint density at radius 1 is 1.21 bits per heavy atom. The van der Waals surface area contributed by atoms with Crippen LogP contribution in [-0.2, 0) is 19.8 Å². The van der Waals surface area contributed by atoms with Crippen LogP contribution in [0.3, 0.4) is 0 Å². The predicted octanol–water partition coefficient (Wildman–Crippen LogP) is 3.89. The zero-order valence-electron chi connectivity index (χ0n) is 13.4. The first-order valence-corrected chi connectivity index (χ1v) is 7.90. The first kappa shape index (κ1) is 16.8. The number of halogens is 3. The highest BCUT2D eigenvalue weighted by Gasteiger charge is 2.36. The number of rotatable bonds is 6. The Bertz CT molecular complexity index is 732. The normalized spacial score (nSPS) is 15.0. The Labute approximate surface area is 138 Å². The molecule has 0 bridgehead atoms. The molecule has 0 amide bonds. The van der Waals surface area contributed by atoms with E-state index in [0.29, 0.717) is 5.69 Å². The van der Waals surface area contributed by atoms with Crippen LogP contribution in [0.15, 0.2) is 42.6 Å². The van der Waals surface area contributed by atoms with Gasteiger partial charge in [-0.1, -0.05) is 18.2 Å². The van der Waals surface area contributed by atoms with Gasteiger partial charge in [-0.3, -0.25) is 9.69 Å². The van der Waals surface area contributed by atoms with Crippen LogP contribution in [0.25, 0.3) is 0 Å². The van der Waals surface area contributed by atoms with Gasteiger partial charge in [0, 0.05) is 25.8 Å². The minimum Gasteiger partial charge on any atom is -0.348 e. The van der Waals surface area contributed by atoms with Gasteiger partial charge in [0.15, 0.2) is 5.78 Å². The summed E-state index contributed by atoms with van der Waals surface area (Å²) in [5, 5.41) is 0. The van der Waals surface area contributed by atoms with Crippen LogP contribution in [0.4, 0.5) is 13.2 Å². The summed E-state index contributed by atoms with van der Waals surface area (Å²) >= 11 is 0. The van der Waals surface area contributed by atoms with Crippen molar-refractivity contribution in [2.45, 2.75) is 31.6 Å². The molecular formula is C18H19F3N2O. The molecular weight excluding hydrogens is 317 g/mol. The quantitative estimate of drug-likeness (QED) is 0.748. The summed E-state index contributed by atoms with van der Waals surface area (Å²) in [7, 11) is 1.79. The maximum atomic E-state index is 13.2. The van der Waals surface area contributed by atoms with Crippen molar-refractivity contribution in [1.29, 1.82) is 0 Å². The summed E-state index contributed by atoms with van der Waals surface area (Å²) in [6, 6.07) is 9.29. The highest BCUT2D eigenvalue weighted by atomic mass is 19.4. The summed E-state index contributed by atoms with van der Waals surface area (Å²) < 4.78 is 41.2. The van der Waals surface area contributed by atoms with E-state index in [0.717, 1.165) is 18.9 Å². The highest BCUT2D eigenvalue weighted by Crippen LogP contribution is 2.34. The Morgan fingerprint density at radius 2 is 1.92 bits per heavy atom. The van der Waals surface area contributed by atoms with E-state index in [1.54, 1.807) is 36.0 Å². The summed E-state index contributed by atoms with van der Waals surface area (Å²) in [4.78, 5) is 14.3. The zero-order chi connectivity index (χ0) is 17.3. The number of hydrogen-bond donors (Lipinski definition) is 0. The standard InChI is InChI=1S/C18H19F3N2O/c1-22-10-4-7-16(22)17(24)12-23(14-8-9-14)11-13-5-2-3-6-15(13)18(19,20)21/h2-7,10,14H,8-9,11-12H2,1H3. The van der Waals surface area contributed by atoms with E-state index in [4.69, 9.17) is 0 Å². The van der Waals surface area contributed by atoms with Crippen molar-refractivity contribution in [3.8, 4) is 0 Å². The fraction of sp³-hybridized carbons (Fsp3) is 0.389. The van der Waals surface area contributed by atoms with Crippen LogP contribution in [0.5, 0.6) is 0 Å². The number of aromatic nitrogens is 1. The first-order chi connectivity index (χ1) is 11.4. The molecule has 0 aliphatic heterocycles. The third-order valence-corrected chi connectivity index (χ3v) is 4.34. The van der Waals surface area contributed by atoms with Gasteiger partial charge < -0.3 is 4.57 Å². The van der Waals surface area contributed by atoms with Gasteiger partial charge in [-0.15, -0.1) is 0 Å². The number of nitrogens with zero attached hydrogens (tertiary/aromatic N) is 2. The predicted molar refractivity (Wildman–Crippen MR) is 84.6 cm³/mol. The summed E-state index contributed by atoms with van der Waals surface area (Å²) in [5.74, 6) is -0.0705. The lowest BCUT2D eigenvalue weighted by Gasteiger charge is -2.23. The average Bonchev–Trinajstić information content (AvgIpc) is 3.27. The van der Waals surface area contributed by atoms with Gasteiger partial charge in [-0.25, -0.2) is 0 Å². The minimum atomic E-state index is -4.38. The number of carbonyl (C=O) groups is 1. The van der Waals surface area contributed by atoms with Gasteiger partial charge in [0.05, 0.1) is 17.8 Å². The van der Waals surface area contributed by atoms with Crippen LogP contribution >= 0.6 is 0 Å². The van der Waals surface area contributed by atoms with Gasteiger partial charge in [0.1, 0.15) is 0 Å². The lowest BCUT2D eigenvalue weighted by Crippen LogP contribution is -2.33. The largest absolute Gasteiger partial charge is 0.416 e. The molecule has 0 spiro atoms. The molecule has 1 fully saturated rings. The van der Waals surface area contributed by atoms with Crippen LogP contribution in [0.2, 0.25) is 0 Å². The summed E-state index contributed by atoms with van der Waals surface area (Å²) in [6.07, 6.45) is -0.745. The molecule has 2 aromatic rings. The molecule has 1 heterocycles. The van der Waals surface area contributed by atoms with Gasteiger partial charge in [-0.2, -0.15) is 13.2 Å². The Hall–Kier alpha value is -2.08. The Kier molecular flexibility index (Phi) is 4.49. The second-order valence-corrected chi connectivity index (χ2v) is 6.22. The van der Waals surface area contributed by atoms with Crippen molar-refractivity contribution in [2.75, 3.05) is 6.54 Å². The molecule has 0 radical (unpaired) electrons. The van der Waals surface area contributed by atoms with Crippen molar-refractivity contribution in [3.05, 3.63) is 59.4 Å². The molecule has 1 aromatic heterocycles. The maximum absolute atomic E-state index is 13.2. The van der Waals surface area contributed by atoms with Crippen molar-refractivity contribution >= 4 is 5.78 Å². The lowest BCUT2D eigenvalue weighted by molar-refractivity contribution is -0.138. The van der Waals surface area contributed by atoms with Crippen molar-refractivity contribution < 1.29 is 18.0 Å². The summed E-state index contributed by atoms with van der Waals surface area (Å²) in [6.45, 7) is 0.269. The molecule has 1 aromatic carbocycles. The van der Waals surface area contributed by atoms with Crippen molar-refractivity contribution in [3.63, 3.8) is 0 Å². The van der Waals surface area contributed by atoms with E-state index in [-0.39, 0.29) is 30.5 Å². The monoisotopic (exact) mass is 336 g/mol. The molecule has 3 nitrogen and oxygen atoms in total. The second kappa shape index (κ2) is 6.43. The number of carbonyl (C=O) groups excluding carboxylic acids is 1. The fourth-order valence-corrected chi connectivity index (χ4v) is 2.92. The molecule has 0 N–H and O–H groups in total. The SMILES string of the molecule is Cn1cccc1C(=O)CN(Cc1ccccc1C(F)(F)F)C1CC1. The fourth-order valence-electron chi connectivity index (χ4n) is 2.92. The second-order valence-electron chi connectivity index (χ2n) is 6.22. The molecule has 24 heavy (non-hydrogen) atoms. The summed E-state index contributed by atoms with van der Waals surface area (Å²) in [5.41, 5.74) is 0.170. The molecule has 0 unspecified atom stereocenters. The number of ketones is 1. The van der Waals surface area contributed by atoms with E-state index in [9.17, 15) is 18.0 Å². The van der Waals surface area contributed by atoms with Gasteiger partial charge >= 0.3 is 6.18 Å². The van der Waals surface area contributed by atoms with Gasteiger partial charge in [-0.05, 0) is 36.6 Å². The molecule has 1 aliphatic carbocycles. The molecule has 3 rings (SSSR count). The molecule has 1 aliphatic rings. The number of aryl methyl sites for hydroxylation is 1. The molecule has 0 saturated heterocycles. The van der Waals surface area contributed by atoms with E-state index < -0.39 is 11.7 Å². The van der Waals surface area contributed by atoms with Crippen molar-refractivity contribution in [2.24, 2.45) is 7.05 Å². The maximum Gasteiger partial charge on any atom is 0.416 e. The van der Waals surface area contributed by atoms with Crippen molar-refractivity contribution in [1.82, 2.24) is 9.47 Å². The van der Waals surface area contributed by atoms with E-state index in [1.165, 1.54) is 12.1 Å². The van der Waals surface area contributed by atoms with Crippen LogP contribution in [-0.4, -0.2) is 27.8 Å². The molecule has 0 atom stereocenters.